The molecule has 2 N–H and O–H groups in total. The van der Waals surface area contributed by atoms with E-state index in [1.165, 1.54) is 6.07 Å². The zero-order chi connectivity index (χ0) is 10.3. The normalized spacial score (nSPS) is 11.0. The van der Waals surface area contributed by atoms with Crippen LogP contribution in [0.5, 0.6) is 11.5 Å². The summed E-state index contributed by atoms with van der Waals surface area (Å²) < 4.78 is 7.28. The number of rotatable bonds is 1. The highest BCUT2D eigenvalue weighted by molar-refractivity contribution is 5.79. The topological polar surface area (TPSA) is 57.5 Å². The third kappa shape index (κ3) is 1.04. The van der Waals surface area contributed by atoms with Gasteiger partial charge in [0.25, 0.3) is 5.52 Å². The molecular weight excluding hydrogens is 182 g/mol. The fourth-order valence-electron chi connectivity index (χ4n) is 1.63. The zero-order valence-corrected chi connectivity index (χ0v) is 8.11. The molecule has 4 nitrogen and oxygen atoms in total. The molecule has 0 fully saturated rings. The summed E-state index contributed by atoms with van der Waals surface area (Å²) in [6, 6.07) is 3.18. The van der Waals surface area contributed by atoms with E-state index in [0.717, 1.165) is 12.1 Å². The molecule has 0 aliphatic carbocycles. The molecule has 14 heavy (non-hydrogen) atoms. The van der Waals surface area contributed by atoms with E-state index < -0.39 is 0 Å². The van der Waals surface area contributed by atoms with Crippen molar-refractivity contribution in [2.75, 3.05) is 0 Å². The van der Waals surface area contributed by atoms with E-state index in [1.807, 2.05) is 18.4 Å². The van der Waals surface area contributed by atoms with Gasteiger partial charge in [0.15, 0.2) is 5.75 Å². The molecule has 0 saturated heterocycles. The average Bonchev–Trinajstić information content (AvgIpc) is 2.49. The number of nitrogens with zero attached hydrogens (tertiary/aromatic N) is 1. The van der Waals surface area contributed by atoms with Crippen LogP contribution in [0.4, 0.5) is 0 Å². The van der Waals surface area contributed by atoms with Crippen molar-refractivity contribution in [1.29, 1.82) is 0 Å². The molecule has 0 aliphatic rings. The van der Waals surface area contributed by atoms with Crippen LogP contribution in [0.1, 0.15) is 12.8 Å². The predicted octanol–water partition coefficient (Wildman–Crippen LogP) is 1.46. The van der Waals surface area contributed by atoms with E-state index >= 15 is 0 Å². The number of aromatic hydroxyl groups is 2. The summed E-state index contributed by atoms with van der Waals surface area (Å²) in [6.07, 6.45) is 0. The molecule has 4 heteroatoms. The Labute approximate surface area is 81.0 Å². The fourth-order valence-corrected chi connectivity index (χ4v) is 1.63. The number of benzene rings is 1. The van der Waals surface area contributed by atoms with Crippen LogP contribution in [0.25, 0.3) is 11.1 Å². The Morgan fingerprint density at radius 3 is 2.71 bits per heavy atom. The lowest BCUT2D eigenvalue weighted by Gasteiger charge is -1.93. The molecule has 1 aromatic carbocycles. The van der Waals surface area contributed by atoms with Crippen molar-refractivity contribution in [1.82, 2.24) is 0 Å². The first kappa shape index (κ1) is 8.87. The summed E-state index contributed by atoms with van der Waals surface area (Å²) in [5.41, 5.74) is 1.13. The van der Waals surface area contributed by atoms with Crippen LogP contribution in [-0.4, -0.2) is 10.2 Å². The molecule has 0 aliphatic heterocycles. The van der Waals surface area contributed by atoms with Crippen molar-refractivity contribution < 1.29 is 19.2 Å². The van der Waals surface area contributed by atoms with Gasteiger partial charge in [0.1, 0.15) is 6.54 Å². The van der Waals surface area contributed by atoms with Crippen molar-refractivity contribution in [2.24, 2.45) is 0 Å². The number of hydrogen-bond donors (Lipinski definition) is 2. The molecular formula is C10H12NO3+. The van der Waals surface area contributed by atoms with Gasteiger partial charge in [-0.15, -0.1) is 0 Å². The maximum atomic E-state index is 9.53. The van der Waals surface area contributed by atoms with Gasteiger partial charge in [0.05, 0.1) is 6.92 Å². The Bertz CT molecular complexity index is 488. The van der Waals surface area contributed by atoms with Crippen molar-refractivity contribution in [3.8, 4) is 11.5 Å². The van der Waals surface area contributed by atoms with Crippen molar-refractivity contribution >= 4 is 11.1 Å². The van der Waals surface area contributed by atoms with Gasteiger partial charge in [-0.1, -0.05) is 0 Å². The minimum Gasteiger partial charge on any atom is -0.504 e. The second kappa shape index (κ2) is 2.90. The van der Waals surface area contributed by atoms with Crippen molar-refractivity contribution in [3.63, 3.8) is 0 Å². The fraction of sp³-hybridized carbons (Fsp3) is 0.300. The van der Waals surface area contributed by atoms with Gasteiger partial charge < -0.3 is 14.6 Å². The average molecular weight is 194 g/mol. The Morgan fingerprint density at radius 2 is 2.07 bits per heavy atom. The van der Waals surface area contributed by atoms with Gasteiger partial charge in [-0.25, -0.2) is 0 Å². The van der Waals surface area contributed by atoms with Crippen LogP contribution in [0.2, 0.25) is 0 Å². The molecule has 1 heterocycles. The first-order valence-electron chi connectivity index (χ1n) is 4.49. The Hall–Kier alpha value is -1.71. The van der Waals surface area contributed by atoms with Crippen molar-refractivity contribution in [2.45, 2.75) is 20.4 Å². The number of hydrogen-bond acceptors (Lipinski definition) is 3. The standard InChI is InChI=1S/C10H11NO3/c1-3-11-6(2)14-10-7(11)4-5-8(12)9(10)13/h4-5H,3H2,1-2H3,(H-,12,13)/p+1. The maximum Gasteiger partial charge on any atom is 0.344 e. The molecule has 0 amide bonds. The quantitative estimate of drug-likeness (QED) is 0.533. The lowest BCUT2D eigenvalue weighted by Crippen LogP contribution is -2.33. The van der Waals surface area contributed by atoms with Gasteiger partial charge in [0, 0.05) is 6.07 Å². The van der Waals surface area contributed by atoms with Gasteiger partial charge in [-0.05, 0) is 13.0 Å². The van der Waals surface area contributed by atoms with Crippen LogP contribution in [-0.2, 0) is 6.54 Å². The molecule has 2 aromatic rings. The third-order valence-electron chi connectivity index (χ3n) is 2.33. The smallest absolute Gasteiger partial charge is 0.344 e. The highest BCUT2D eigenvalue weighted by Gasteiger charge is 2.21. The Kier molecular flexibility index (Phi) is 1.84. The number of fused-ring (bicyclic) bond motifs is 1. The minimum absolute atomic E-state index is 0.158. The van der Waals surface area contributed by atoms with Gasteiger partial charge in [0.2, 0.25) is 11.3 Å². The number of oxazole rings is 1. The first-order chi connectivity index (χ1) is 6.65. The van der Waals surface area contributed by atoms with Crippen molar-refractivity contribution in [3.05, 3.63) is 18.0 Å². The van der Waals surface area contributed by atoms with Gasteiger partial charge in [-0.3, -0.25) is 0 Å². The van der Waals surface area contributed by atoms with E-state index in [9.17, 15) is 10.2 Å². The number of phenolic OH excluding ortho intramolecular Hbond substituents is 2. The summed E-state index contributed by atoms with van der Waals surface area (Å²) in [6.45, 7) is 4.58. The third-order valence-corrected chi connectivity index (χ3v) is 2.33. The zero-order valence-electron chi connectivity index (χ0n) is 8.11. The highest BCUT2D eigenvalue weighted by Crippen LogP contribution is 2.32. The molecule has 0 saturated carbocycles. The molecule has 1 aromatic heterocycles. The summed E-state index contributed by atoms with van der Waals surface area (Å²) in [5, 5.41) is 18.8. The summed E-state index contributed by atoms with van der Waals surface area (Å²) in [7, 11) is 0. The number of phenols is 2. The maximum absolute atomic E-state index is 9.53. The molecule has 0 bridgehead atoms. The molecule has 74 valence electrons. The van der Waals surface area contributed by atoms with Crippen LogP contribution in [0.15, 0.2) is 16.5 Å². The minimum atomic E-state index is -0.196. The number of aromatic nitrogens is 1. The number of aryl methyl sites for hydroxylation is 2. The Morgan fingerprint density at radius 1 is 1.36 bits per heavy atom. The van der Waals surface area contributed by atoms with E-state index in [4.69, 9.17) is 4.42 Å². The lowest BCUT2D eigenvalue weighted by atomic mass is 10.3. The molecule has 0 spiro atoms. The molecule has 2 rings (SSSR count). The molecule has 0 radical (unpaired) electrons. The van der Waals surface area contributed by atoms with E-state index in [-0.39, 0.29) is 11.5 Å². The van der Waals surface area contributed by atoms with E-state index in [1.54, 1.807) is 6.07 Å². The SMILES string of the molecule is CC[n+]1c(C)oc2c(O)c(O)ccc21. The van der Waals surface area contributed by atoms with E-state index in [2.05, 4.69) is 0 Å². The van der Waals surface area contributed by atoms with Gasteiger partial charge >= 0.3 is 5.89 Å². The summed E-state index contributed by atoms with van der Waals surface area (Å²) in [5.74, 6) is 0.357. The summed E-state index contributed by atoms with van der Waals surface area (Å²) >= 11 is 0. The van der Waals surface area contributed by atoms with Crippen LogP contribution < -0.4 is 4.57 Å². The Balaban J connectivity index is 2.87. The second-order valence-corrected chi connectivity index (χ2v) is 3.15. The largest absolute Gasteiger partial charge is 0.504 e. The van der Waals surface area contributed by atoms with Crippen LogP contribution >= 0.6 is 0 Å². The highest BCUT2D eigenvalue weighted by atomic mass is 16.4. The molecule has 0 unspecified atom stereocenters. The van der Waals surface area contributed by atoms with E-state index in [0.29, 0.717) is 11.5 Å². The second-order valence-electron chi connectivity index (χ2n) is 3.15. The first-order valence-corrected chi connectivity index (χ1v) is 4.49. The lowest BCUT2D eigenvalue weighted by molar-refractivity contribution is -0.679. The van der Waals surface area contributed by atoms with Crippen LogP contribution in [0.3, 0.4) is 0 Å². The van der Waals surface area contributed by atoms with Gasteiger partial charge in [-0.2, -0.15) is 4.57 Å². The van der Waals surface area contributed by atoms with Crippen LogP contribution in [0, 0.1) is 6.92 Å². The predicted molar refractivity (Wildman–Crippen MR) is 50.1 cm³/mol. The summed E-state index contributed by atoms with van der Waals surface area (Å²) in [4.78, 5) is 0. The monoisotopic (exact) mass is 194 g/mol. The molecule has 0 atom stereocenters.